The second-order valence-corrected chi connectivity index (χ2v) is 5.01. The number of rotatable bonds is 3. The predicted octanol–water partition coefficient (Wildman–Crippen LogP) is -0.219. The maximum atomic E-state index is 11.8. The molecule has 2 amide bonds. The van der Waals surface area contributed by atoms with Crippen molar-refractivity contribution in [1.82, 2.24) is 4.90 Å². The zero-order chi connectivity index (χ0) is 14.7. The van der Waals surface area contributed by atoms with Crippen molar-refractivity contribution in [2.24, 2.45) is 11.5 Å². The maximum absolute atomic E-state index is 11.8. The Hall–Kier alpha value is -2.08. The first-order valence-corrected chi connectivity index (χ1v) is 6.68. The molecule has 6 heteroatoms. The fourth-order valence-electron chi connectivity index (χ4n) is 2.31. The molecule has 0 aromatic heterocycles. The van der Waals surface area contributed by atoms with Gasteiger partial charge in [-0.15, -0.1) is 0 Å². The summed E-state index contributed by atoms with van der Waals surface area (Å²) in [5.74, 6) is -0.433. The third-order valence-corrected chi connectivity index (χ3v) is 3.50. The molecule has 0 radical (unpaired) electrons. The molecule has 1 aromatic rings. The lowest BCUT2D eigenvalue weighted by Gasteiger charge is -2.36. The number of benzene rings is 1. The summed E-state index contributed by atoms with van der Waals surface area (Å²) in [4.78, 5) is 26.8. The molecule has 1 aliphatic heterocycles. The van der Waals surface area contributed by atoms with Crippen LogP contribution in [0.2, 0.25) is 0 Å². The van der Waals surface area contributed by atoms with Crippen molar-refractivity contribution in [3.8, 4) is 0 Å². The molecule has 4 N–H and O–H groups in total. The number of piperazine rings is 1. The van der Waals surface area contributed by atoms with E-state index in [-0.39, 0.29) is 5.91 Å². The average Bonchev–Trinajstić information content (AvgIpc) is 2.46. The minimum absolute atomic E-state index is 0.00581. The third kappa shape index (κ3) is 3.08. The summed E-state index contributed by atoms with van der Waals surface area (Å²) >= 11 is 0. The van der Waals surface area contributed by atoms with Gasteiger partial charge >= 0.3 is 0 Å². The summed E-state index contributed by atoms with van der Waals surface area (Å²) in [6.07, 6.45) is 0. The lowest BCUT2D eigenvalue weighted by Crippen LogP contribution is -2.52. The highest BCUT2D eigenvalue weighted by Crippen LogP contribution is 2.17. The molecule has 0 bridgehead atoms. The molecule has 2 rings (SSSR count). The molecule has 108 valence electrons. The Kier molecular flexibility index (Phi) is 4.24. The number of amides is 2. The van der Waals surface area contributed by atoms with Crippen LogP contribution in [-0.4, -0.2) is 48.9 Å². The van der Waals surface area contributed by atoms with Gasteiger partial charge in [-0.1, -0.05) is 0 Å². The summed E-state index contributed by atoms with van der Waals surface area (Å²) in [7, 11) is 0. The van der Waals surface area contributed by atoms with E-state index in [1.165, 1.54) is 0 Å². The molecule has 1 saturated heterocycles. The van der Waals surface area contributed by atoms with Crippen molar-refractivity contribution in [3.63, 3.8) is 0 Å². The van der Waals surface area contributed by atoms with Crippen LogP contribution in [0.3, 0.4) is 0 Å². The van der Waals surface area contributed by atoms with E-state index in [2.05, 4.69) is 4.90 Å². The highest BCUT2D eigenvalue weighted by atomic mass is 16.2. The van der Waals surface area contributed by atoms with E-state index in [1.54, 1.807) is 24.0 Å². The predicted molar refractivity (Wildman–Crippen MR) is 77.4 cm³/mol. The summed E-state index contributed by atoms with van der Waals surface area (Å²) in [5, 5.41) is 0. The lowest BCUT2D eigenvalue weighted by atomic mass is 10.1. The maximum Gasteiger partial charge on any atom is 0.248 e. The van der Waals surface area contributed by atoms with E-state index in [1.807, 2.05) is 12.1 Å². The van der Waals surface area contributed by atoms with Crippen LogP contribution >= 0.6 is 0 Å². The first-order chi connectivity index (χ1) is 9.49. The van der Waals surface area contributed by atoms with Crippen molar-refractivity contribution in [2.75, 3.05) is 31.1 Å². The summed E-state index contributed by atoms with van der Waals surface area (Å²) in [6.45, 7) is 4.55. The SMILES string of the molecule is CC(N)C(=O)N1CCN(c2ccc(C(N)=O)cc2)CC1. The fourth-order valence-corrected chi connectivity index (χ4v) is 2.31. The normalized spacial score (nSPS) is 16.9. The van der Waals surface area contributed by atoms with E-state index in [0.29, 0.717) is 18.7 Å². The quantitative estimate of drug-likeness (QED) is 0.798. The van der Waals surface area contributed by atoms with Gasteiger partial charge in [0, 0.05) is 37.4 Å². The Balaban J connectivity index is 1.97. The first kappa shape index (κ1) is 14.3. The van der Waals surface area contributed by atoms with E-state index in [9.17, 15) is 9.59 Å². The average molecular weight is 276 g/mol. The summed E-state index contributed by atoms with van der Waals surface area (Å²) in [5.41, 5.74) is 12.4. The van der Waals surface area contributed by atoms with Crippen molar-refractivity contribution in [2.45, 2.75) is 13.0 Å². The fraction of sp³-hybridized carbons (Fsp3) is 0.429. The standard InChI is InChI=1S/C14H20N4O2/c1-10(15)14(20)18-8-6-17(7-9-18)12-4-2-11(3-5-12)13(16)19/h2-5,10H,6-9,15H2,1H3,(H2,16,19). The summed E-state index contributed by atoms with van der Waals surface area (Å²) < 4.78 is 0. The minimum Gasteiger partial charge on any atom is -0.368 e. The number of carbonyl (C=O) groups excluding carboxylic acids is 2. The van der Waals surface area contributed by atoms with Crippen LogP contribution in [0.5, 0.6) is 0 Å². The molecular weight excluding hydrogens is 256 g/mol. The zero-order valence-corrected chi connectivity index (χ0v) is 11.6. The van der Waals surface area contributed by atoms with Crippen LogP contribution < -0.4 is 16.4 Å². The van der Waals surface area contributed by atoms with Gasteiger partial charge in [0.2, 0.25) is 11.8 Å². The Morgan fingerprint density at radius 2 is 1.65 bits per heavy atom. The van der Waals surface area contributed by atoms with Gasteiger partial charge in [-0.3, -0.25) is 9.59 Å². The Labute approximate surface area is 118 Å². The Bertz CT molecular complexity index is 490. The van der Waals surface area contributed by atoms with Crippen LogP contribution in [0, 0.1) is 0 Å². The van der Waals surface area contributed by atoms with Crippen LogP contribution in [-0.2, 0) is 4.79 Å². The third-order valence-electron chi connectivity index (χ3n) is 3.50. The highest BCUT2D eigenvalue weighted by molar-refractivity contribution is 5.93. The van der Waals surface area contributed by atoms with Crippen molar-refractivity contribution >= 4 is 17.5 Å². The van der Waals surface area contributed by atoms with E-state index >= 15 is 0 Å². The number of hydrogen-bond donors (Lipinski definition) is 2. The van der Waals surface area contributed by atoms with E-state index in [0.717, 1.165) is 18.8 Å². The smallest absolute Gasteiger partial charge is 0.248 e. The Morgan fingerprint density at radius 3 is 2.10 bits per heavy atom. The Morgan fingerprint density at radius 1 is 1.10 bits per heavy atom. The van der Waals surface area contributed by atoms with Gasteiger partial charge in [0.25, 0.3) is 0 Å². The van der Waals surface area contributed by atoms with Gasteiger partial charge in [-0.2, -0.15) is 0 Å². The lowest BCUT2D eigenvalue weighted by molar-refractivity contribution is -0.132. The van der Waals surface area contributed by atoms with E-state index in [4.69, 9.17) is 11.5 Å². The molecule has 1 fully saturated rings. The van der Waals surface area contributed by atoms with Gasteiger partial charge < -0.3 is 21.3 Å². The largest absolute Gasteiger partial charge is 0.368 e. The second-order valence-electron chi connectivity index (χ2n) is 5.01. The minimum atomic E-state index is -0.448. The molecule has 1 unspecified atom stereocenters. The molecule has 0 saturated carbocycles. The molecule has 0 spiro atoms. The monoisotopic (exact) mass is 276 g/mol. The number of hydrogen-bond acceptors (Lipinski definition) is 4. The van der Waals surface area contributed by atoms with Crippen LogP contribution in [0.1, 0.15) is 17.3 Å². The molecule has 1 heterocycles. The van der Waals surface area contributed by atoms with Gasteiger partial charge in [-0.05, 0) is 31.2 Å². The van der Waals surface area contributed by atoms with Gasteiger partial charge in [0.15, 0.2) is 0 Å². The molecule has 0 aliphatic carbocycles. The van der Waals surface area contributed by atoms with Crippen LogP contribution in [0.25, 0.3) is 0 Å². The molecule has 1 aromatic carbocycles. The van der Waals surface area contributed by atoms with E-state index < -0.39 is 11.9 Å². The first-order valence-electron chi connectivity index (χ1n) is 6.68. The molecule has 1 aliphatic rings. The number of carbonyl (C=O) groups is 2. The molecule has 1 atom stereocenters. The second kappa shape index (κ2) is 5.92. The van der Waals surface area contributed by atoms with Crippen molar-refractivity contribution < 1.29 is 9.59 Å². The van der Waals surface area contributed by atoms with Gasteiger partial charge in [0.05, 0.1) is 6.04 Å². The molecule has 6 nitrogen and oxygen atoms in total. The number of primary amides is 1. The number of nitrogens with two attached hydrogens (primary N) is 2. The molecule has 20 heavy (non-hydrogen) atoms. The van der Waals surface area contributed by atoms with Crippen molar-refractivity contribution in [1.29, 1.82) is 0 Å². The number of nitrogens with zero attached hydrogens (tertiary/aromatic N) is 2. The topological polar surface area (TPSA) is 92.7 Å². The van der Waals surface area contributed by atoms with Crippen LogP contribution in [0.15, 0.2) is 24.3 Å². The van der Waals surface area contributed by atoms with Gasteiger partial charge in [-0.25, -0.2) is 0 Å². The highest BCUT2D eigenvalue weighted by Gasteiger charge is 2.23. The number of anilines is 1. The molecular formula is C14H20N4O2. The van der Waals surface area contributed by atoms with Crippen LogP contribution in [0.4, 0.5) is 5.69 Å². The zero-order valence-electron chi connectivity index (χ0n) is 11.6. The summed E-state index contributed by atoms with van der Waals surface area (Å²) in [6, 6.07) is 6.75. The van der Waals surface area contributed by atoms with Crippen molar-refractivity contribution in [3.05, 3.63) is 29.8 Å². The van der Waals surface area contributed by atoms with Gasteiger partial charge in [0.1, 0.15) is 0 Å².